The maximum absolute atomic E-state index is 13.1. The van der Waals surface area contributed by atoms with Crippen LogP contribution in [0.4, 0.5) is 5.69 Å². The second-order valence-corrected chi connectivity index (χ2v) is 10.00. The van der Waals surface area contributed by atoms with Crippen LogP contribution in [-0.2, 0) is 14.8 Å². The van der Waals surface area contributed by atoms with Gasteiger partial charge in [0.05, 0.1) is 10.5 Å². The molecule has 0 radical (unpaired) electrons. The molecule has 0 saturated carbocycles. The van der Waals surface area contributed by atoms with E-state index in [1.54, 1.807) is 24.1 Å². The molecule has 1 saturated heterocycles. The Kier molecular flexibility index (Phi) is 6.96. The molecule has 1 aliphatic rings. The zero-order chi connectivity index (χ0) is 24.1. The average molecular weight is 476 g/mol. The molecule has 1 amide bonds. The summed E-state index contributed by atoms with van der Waals surface area (Å²) < 4.78 is 33.2. The van der Waals surface area contributed by atoms with Crippen molar-refractivity contribution in [2.24, 2.45) is 5.92 Å². The highest BCUT2D eigenvalue weighted by molar-refractivity contribution is 7.89. The molecule has 34 heavy (non-hydrogen) atoms. The third kappa shape index (κ3) is 4.96. The van der Waals surface area contributed by atoms with Gasteiger partial charge in [-0.1, -0.05) is 30.3 Å². The number of hydrogen-bond donors (Lipinski definition) is 0. The lowest BCUT2D eigenvalue weighted by Crippen LogP contribution is -2.43. The van der Waals surface area contributed by atoms with Gasteiger partial charge in [0.15, 0.2) is 0 Å². The van der Waals surface area contributed by atoms with Crippen LogP contribution < -0.4 is 9.64 Å². The monoisotopic (exact) mass is 475 g/mol. The Morgan fingerprint density at radius 2 is 1.53 bits per heavy atom. The molecule has 8 heteroatoms. The molecule has 0 spiro atoms. The summed E-state index contributed by atoms with van der Waals surface area (Å²) in [5, 5.41) is 9.26. The van der Waals surface area contributed by atoms with Gasteiger partial charge in [-0.3, -0.25) is 4.79 Å². The van der Waals surface area contributed by atoms with Gasteiger partial charge in [-0.05, 0) is 61.4 Å². The van der Waals surface area contributed by atoms with E-state index in [4.69, 9.17) is 4.74 Å². The van der Waals surface area contributed by atoms with Crippen molar-refractivity contribution in [2.45, 2.75) is 17.7 Å². The number of hydrogen-bond acceptors (Lipinski definition) is 5. The molecule has 0 atom stereocenters. The predicted octanol–water partition coefficient (Wildman–Crippen LogP) is 4.41. The minimum absolute atomic E-state index is 0.0113. The van der Waals surface area contributed by atoms with Crippen LogP contribution >= 0.6 is 0 Å². The maximum atomic E-state index is 13.1. The lowest BCUT2D eigenvalue weighted by Gasteiger charge is -2.32. The minimum atomic E-state index is -3.78. The molecule has 0 unspecified atom stereocenters. The Balaban J connectivity index is 1.38. The second kappa shape index (κ2) is 10.1. The highest BCUT2D eigenvalue weighted by atomic mass is 32.2. The molecule has 0 aliphatic carbocycles. The van der Waals surface area contributed by atoms with Crippen LogP contribution in [0.15, 0.2) is 83.8 Å². The summed E-state index contributed by atoms with van der Waals surface area (Å²) in [7, 11) is -2.06. The Morgan fingerprint density at radius 3 is 2.18 bits per heavy atom. The van der Waals surface area contributed by atoms with Crippen molar-refractivity contribution in [1.82, 2.24) is 4.31 Å². The molecule has 4 rings (SSSR count). The van der Waals surface area contributed by atoms with Crippen LogP contribution in [-0.4, -0.2) is 38.8 Å². The standard InChI is InChI=1S/C26H25N3O4S/c1-28(22-11-13-24(14-12-22)33-23-8-3-2-4-9-23)26(30)20-15-17-29(18-16-20)34(31,32)25-10-6-5-7-21(25)19-27/h2-14,20H,15-18H2,1H3. The Hall–Kier alpha value is -3.67. The fourth-order valence-electron chi connectivity index (χ4n) is 4.03. The summed E-state index contributed by atoms with van der Waals surface area (Å²) in [5.74, 6) is 1.08. The SMILES string of the molecule is CN(C(=O)C1CCN(S(=O)(=O)c2ccccc2C#N)CC1)c1ccc(Oc2ccccc2)cc1. The van der Waals surface area contributed by atoms with Crippen LogP contribution in [0.5, 0.6) is 11.5 Å². The zero-order valence-corrected chi connectivity index (χ0v) is 19.6. The van der Waals surface area contributed by atoms with E-state index in [9.17, 15) is 18.5 Å². The molecule has 0 N–H and O–H groups in total. The summed E-state index contributed by atoms with van der Waals surface area (Å²) >= 11 is 0. The molecule has 1 fully saturated rings. The van der Waals surface area contributed by atoms with Gasteiger partial charge in [0.25, 0.3) is 0 Å². The fraction of sp³-hybridized carbons (Fsp3) is 0.231. The molecular weight excluding hydrogens is 450 g/mol. The van der Waals surface area contributed by atoms with Crippen LogP contribution in [0.2, 0.25) is 0 Å². The molecule has 7 nitrogen and oxygen atoms in total. The van der Waals surface area contributed by atoms with Gasteiger partial charge in [0.1, 0.15) is 17.6 Å². The highest BCUT2D eigenvalue weighted by Crippen LogP contribution is 2.29. The van der Waals surface area contributed by atoms with Crippen molar-refractivity contribution in [3.05, 3.63) is 84.4 Å². The van der Waals surface area contributed by atoms with Crippen molar-refractivity contribution in [3.8, 4) is 17.6 Å². The number of piperidine rings is 1. The average Bonchev–Trinajstić information content (AvgIpc) is 2.89. The Morgan fingerprint density at radius 1 is 0.941 bits per heavy atom. The normalized spacial score (nSPS) is 14.8. The van der Waals surface area contributed by atoms with E-state index in [0.29, 0.717) is 18.6 Å². The Bertz CT molecular complexity index is 1290. The number of ether oxygens (including phenoxy) is 1. The number of para-hydroxylation sites is 1. The van der Waals surface area contributed by atoms with E-state index in [1.165, 1.54) is 16.4 Å². The number of sulfonamides is 1. The van der Waals surface area contributed by atoms with Gasteiger partial charge in [-0.15, -0.1) is 0 Å². The van der Waals surface area contributed by atoms with Crippen molar-refractivity contribution in [2.75, 3.05) is 25.0 Å². The molecule has 1 aliphatic heterocycles. The first kappa shape index (κ1) is 23.5. The summed E-state index contributed by atoms with van der Waals surface area (Å²) in [5.41, 5.74) is 0.864. The van der Waals surface area contributed by atoms with E-state index in [-0.39, 0.29) is 35.4 Å². The van der Waals surface area contributed by atoms with E-state index in [1.807, 2.05) is 60.7 Å². The summed E-state index contributed by atoms with van der Waals surface area (Å²) in [6.07, 6.45) is 0.846. The zero-order valence-electron chi connectivity index (χ0n) is 18.8. The number of carbonyl (C=O) groups is 1. The number of carbonyl (C=O) groups excluding carboxylic acids is 1. The quantitative estimate of drug-likeness (QED) is 0.527. The fourth-order valence-corrected chi connectivity index (χ4v) is 5.64. The molecule has 1 heterocycles. The Labute approximate surface area is 199 Å². The first-order valence-corrected chi connectivity index (χ1v) is 12.4. The number of nitrogens with zero attached hydrogens (tertiary/aromatic N) is 3. The first-order chi connectivity index (χ1) is 16.4. The summed E-state index contributed by atoms with van der Waals surface area (Å²) in [6.45, 7) is 0.465. The summed E-state index contributed by atoms with van der Waals surface area (Å²) in [4.78, 5) is 14.7. The number of amides is 1. The van der Waals surface area contributed by atoms with E-state index in [2.05, 4.69) is 0 Å². The van der Waals surface area contributed by atoms with Crippen LogP contribution in [0.25, 0.3) is 0 Å². The predicted molar refractivity (Wildman–Crippen MR) is 129 cm³/mol. The number of rotatable bonds is 6. The van der Waals surface area contributed by atoms with Crippen molar-refractivity contribution >= 4 is 21.6 Å². The molecule has 0 aromatic heterocycles. The smallest absolute Gasteiger partial charge is 0.244 e. The third-order valence-corrected chi connectivity index (χ3v) is 7.92. The molecule has 174 valence electrons. The highest BCUT2D eigenvalue weighted by Gasteiger charge is 2.34. The second-order valence-electron chi connectivity index (χ2n) is 8.09. The van der Waals surface area contributed by atoms with Crippen LogP contribution in [0.3, 0.4) is 0 Å². The lowest BCUT2D eigenvalue weighted by molar-refractivity contribution is -0.123. The molecular formula is C26H25N3O4S. The van der Waals surface area contributed by atoms with Crippen molar-refractivity contribution < 1.29 is 17.9 Å². The first-order valence-electron chi connectivity index (χ1n) is 11.0. The van der Waals surface area contributed by atoms with E-state index >= 15 is 0 Å². The number of benzene rings is 3. The van der Waals surface area contributed by atoms with Gasteiger partial charge < -0.3 is 9.64 Å². The largest absolute Gasteiger partial charge is 0.457 e. The van der Waals surface area contributed by atoms with Crippen molar-refractivity contribution in [1.29, 1.82) is 5.26 Å². The minimum Gasteiger partial charge on any atom is -0.457 e. The van der Waals surface area contributed by atoms with Crippen molar-refractivity contribution in [3.63, 3.8) is 0 Å². The molecule has 3 aromatic rings. The van der Waals surface area contributed by atoms with Crippen LogP contribution in [0, 0.1) is 17.2 Å². The lowest BCUT2D eigenvalue weighted by atomic mass is 9.96. The molecule has 0 bridgehead atoms. The van der Waals surface area contributed by atoms with Gasteiger partial charge in [0.2, 0.25) is 15.9 Å². The number of anilines is 1. The van der Waals surface area contributed by atoms with Gasteiger partial charge >= 0.3 is 0 Å². The topological polar surface area (TPSA) is 90.7 Å². The van der Waals surface area contributed by atoms with E-state index < -0.39 is 10.0 Å². The van der Waals surface area contributed by atoms with E-state index in [0.717, 1.165) is 11.4 Å². The van der Waals surface area contributed by atoms with Crippen LogP contribution in [0.1, 0.15) is 18.4 Å². The number of nitriles is 1. The van der Waals surface area contributed by atoms with Gasteiger partial charge in [-0.2, -0.15) is 9.57 Å². The summed E-state index contributed by atoms with van der Waals surface area (Å²) in [6, 6.07) is 24.9. The molecule has 3 aromatic carbocycles. The third-order valence-electron chi connectivity index (χ3n) is 5.96. The van der Waals surface area contributed by atoms with Gasteiger partial charge in [0, 0.05) is 31.7 Å². The maximum Gasteiger partial charge on any atom is 0.244 e. The van der Waals surface area contributed by atoms with Gasteiger partial charge in [-0.25, -0.2) is 8.42 Å².